The van der Waals surface area contributed by atoms with Gasteiger partial charge >= 0.3 is 12.1 Å². The summed E-state index contributed by atoms with van der Waals surface area (Å²) in [5.41, 5.74) is 4.72. The third kappa shape index (κ3) is 2.97. The van der Waals surface area contributed by atoms with Crippen LogP contribution in [0.1, 0.15) is 23.5 Å². The second-order valence-electron chi connectivity index (χ2n) is 6.65. The van der Waals surface area contributed by atoms with Gasteiger partial charge in [-0.1, -0.05) is 48.5 Å². The number of nitrogens with one attached hydrogen (secondary N) is 1. The van der Waals surface area contributed by atoms with Gasteiger partial charge in [-0.05, 0) is 34.6 Å². The number of amides is 1. The van der Waals surface area contributed by atoms with Crippen LogP contribution in [0.2, 0.25) is 0 Å². The molecule has 0 radical (unpaired) electrons. The van der Waals surface area contributed by atoms with Gasteiger partial charge in [0.05, 0.1) is 5.92 Å². The number of aliphatic carboxylic acids is 1. The summed E-state index contributed by atoms with van der Waals surface area (Å²) in [6, 6.07) is 16.3. The third-order valence-corrected chi connectivity index (χ3v) is 5.09. The quantitative estimate of drug-likeness (QED) is 0.878. The molecule has 0 aromatic heterocycles. The summed E-state index contributed by atoms with van der Waals surface area (Å²) in [6.07, 6.45) is 0.136. The number of alkyl carbamates (subject to hydrolysis) is 1. The number of hydrogen-bond acceptors (Lipinski definition) is 3. The summed E-state index contributed by atoms with van der Waals surface area (Å²) in [7, 11) is 0. The van der Waals surface area contributed by atoms with Crippen molar-refractivity contribution in [2.24, 2.45) is 11.8 Å². The number of carbonyl (C=O) groups excluding carboxylic acids is 1. The van der Waals surface area contributed by atoms with Crippen molar-refractivity contribution in [2.75, 3.05) is 13.2 Å². The minimum atomic E-state index is -0.792. The summed E-state index contributed by atoms with van der Waals surface area (Å²) >= 11 is 0. The first kappa shape index (κ1) is 15.7. The summed E-state index contributed by atoms with van der Waals surface area (Å²) in [5, 5.41) is 11.6. The maximum absolute atomic E-state index is 12.0. The molecule has 5 heteroatoms. The fourth-order valence-electron chi connectivity index (χ4n) is 3.64. The van der Waals surface area contributed by atoms with Crippen molar-refractivity contribution < 1.29 is 19.4 Å². The molecule has 128 valence electrons. The maximum Gasteiger partial charge on any atom is 0.407 e. The summed E-state index contributed by atoms with van der Waals surface area (Å²) in [5.74, 6) is -1.06. The highest BCUT2D eigenvalue weighted by Crippen LogP contribution is 2.44. The van der Waals surface area contributed by atoms with E-state index in [1.54, 1.807) is 0 Å². The van der Waals surface area contributed by atoms with Crippen molar-refractivity contribution in [3.63, 3.8) is 0 Å². The SMILES string of the molecule is O=C(NC[C@H]1C[C@H]1C(=O)O)OCC1c2ccccc2-c2ccccc21. The molecule has 0 unspecified atom stereocenters. The normalized spacial score (nSPS) is 20.5. The van der Waals surface area contributed by atoms with Crippen LogP contribution in [0, 0.1) is 11.8 Å². The lowest BCUT2D eigenvalue weighted by atomic mass is 9.98. The third-order valence-electron chi connectivity index (χ3n) is 5.09. The highest BCUT2D eigenvalue weighted by atomic mass is 16.5. The van der Waals surface area contributed by atoms with Gasteiger partial charge < -0.3 is 15.2 Å². The van der Waals surface area contributed by atoms with Crippen LogP contribution in [0.3, 0.4) is 0 Å². The Kier molecular flexibility index (Phi) is 3.92. The molecule has 2 aromatic carbocycles. The highest BCUT2D eigenvalue weighted by molar-refractivity contribution is 5.79. The van der Waals surface area contributed by atoms with Gasteiger partial charge in [0.2, 0.25) is 0 Å². The molecule has 1 saturated carbocycles. The lowest BCUT2D eigenvalue weighted by Crippen LogP contribution is -2.28. The van der Waals surface area contributed by atoms with E-state index < -0.39 is 12.1 Å². The number of carbonyl (C=O) groups is 2. The monoisotopic (exact) mass is 337 g/mol. The minimum Gasteiger partial charge on any atom is -0.481 e. The van der Waals surface area contributed by atoms with Crippen LogP contribution in [-0.2, 0) is 9.53 Å². The van der Waals surface area contributed by atoms with Crippen molar-refractivity contribution >= 4 is 12.1 Å². The number of carboxylic acid groups (broad SMARTS) is 1. The first-order chi connectivity index (χ1) is 12.1. The Balaban J connectivity index is 1.38. The molecule has 2 atom stereocenters. The van der Waals surface area contributed by atoms with E-state index in [0.717, 1.165) is 0 Å². The Labute approximate surface area is 145 Å². The van der Waals surface area contributed by atoms with Gasteiger partial charge in [0.25, 0.3) is 0 Å². The molecule has 5 nitrogen and oxygen atoms in total. The van der Waals surface area contributed by atoms with Crippen LogP contribution < -0.4 is 5.32 Å². The van der Waals surface area contributed by atoms with E-state index in [0.29, 0.717) is 13.0 Å². The van der Waals surface area contributed by atoms with Crippen LogP contribution in [0.5, 0.6) is 0 Å². The molecule has 2 aliphatic carbocycles. The second kappa shape index (κ2) is 6.24. The van der Waals surface area contributed by atoms with E-state index in [1.165, 1.54) is 22.3 Å². The van der Waals surface area contributed by atoms with Crippen LogP contribution in [-0.4, -0.2) is 30.3 Å². The average Bonchev–Trinajstić information content (AvgIpc) is 3.34. The smallest absolute Gasteiger partial charge is 0.407 e. The molecule has 2 aliphatic rings. The molecule has 1 fully saturated rings. The van der Waals surface area contributed by atoms with Gasteiger partial charge in [0.15, 0.2) is 0 Å². The fourth-order valence-corrected chi connectivity index (χ4v) is 3.64. The first-order valence-electron chi connectivity index (χ1n) is 8.47. The molecule has 0 bridgehead atoms. The topological polar surface area (TPSA) is 75.6 Å². The molecule has 25 heavy (non-hydrogen) atoms. The van der Waals surface area contributed by atoms with Crippen LogP contribution in [0.15, 0.2) is 48.5 Å². The van der Waals surface area contributed by atoms with E-state index in [2.05, 4.69) is 29.6 Å². The Morgan fingerprint density at radius 1 is 1.04 bits per heavy atom. The van der Waals surface area contributed by atoms with Gasteiger partial charge in [-0.2, -0.15) is 0 Å². The minimum absolute atomic E-state index is 0.0259. The van der Waals surface area contributed by atoms with Gasteiger partial charge in [-0.15, -0.1) is 0 Å². The van der Waals surface area contributed by atoms with Crippen molar-refractivity contribution in [3.05, 3.63) is 59.7 Å². The summed E-state index contributed by atoms with van der Waals surface area (Å²) in [4.78, 5) is 22.8. The van der Waals surface area contributed by atoms with Crippen LogP contribution in [0.4, 0.5) is 4.79 Å². The molecule has 2 N–H and O–H groups in total. The molecule has 1 amide bonds. The lowest BCUT2D eigenvalue weighted by Gasteiger charge is -2.14. The van der Waals surface area contributed by atoms with Crippen LogP contribution >= 0.6 is 0 Å². The summed E-state index contributed by atoms with van der Waals surface area (Å²) < 4.78 is 5.42. The number of rotatable bonds is 5. The van der Waals surface area contributed by atoms with Crippen LogP contribution in [0.25, 0.3) is 11.1 Å². The molecular weight excluding hydrogens is 318 g/mol. The van der Waals surface area contributed by atoms with Gasteiger partial charge in [0, 0.05) is 12.5 Å². The predicted molar refractivity (Wildman–Crippen MR) is 92.3 cm³/mol. The number of ether oxygens (including phenoxy) is 1. The summed E-state index contributed by atoms with van der Waals surface area (Å²) in [6.45, 7) is 0.626. The van der Waals surface area contributed by atoms with E-state index in [4.69, 9.17) is 9.84 Å². The molecular formula is C20H19NO4. The number of fused-ring (bicyclic) bond motifs is 3. The Morgan fingerprint density at radius 3 is 2.20 bits per heavy atom. The van der Waals surface area contributed by atoms with Gasteiger partial charge in [-0.3, -0.25) is 4.79 Å². The van der Waals surface area contributed by atoms with Gasteiger partial charge in [-0.25, -0.2) is 4.79 Å². The molecule has 0 saturated heterocycles. The number of benzene rings is 2. The lowest BCUT2D eigenvalue weighted by molar-refractivity contribution is -0.138. The average molecular weight is 337 g/mol. The van der Waals surface area contributed by atoms with E-state index >= 15 is 0 Å². The number of carboxylic acids is 1. The van der Waals surface area contributed by atoms with Gasteiger partial charge in [0.1, 0.15) is 6.61 Å². The predicted octanol–water partition coefficient (Wildman–Crippen LogP) is 3.25. The second-order valence-corrected chi connectivity index (χ2v) is 6.65. The Bertz CT molecular complexity index is 786. The highest BCUT2D eigenvalue weighted by Gasteiger charge is 2.43. The maximum atomic E-state index is 12.0. The van der Waals surface area contributed by atoms with E-state index in [9.17, 15) is 9.59 Å². The van der Waals surface area contributed by atoms with E-state index in [1.807, 2.05) is 24.3 Å². The van der Waals surface area contributed by atoms with Crippen molar-refractivity contribution in [3.8, 4) is 11.1 Å². The van der Waals surface area contributed by atoms with Crippen molar-refractivity contribution in [2.45, 2.75) is 12.3 Å². The molecule has 2 aromatic rings. The molecule has 0 heterocycles. The van der Waals surface area contributed by atoms with E-state index in [-0.39, 0.29) is 24.4 Å². The Morgan fingerprint density at radius 2 is 1.64 bits per heavy atom. The molecule has 0 spiro atoms. The zero-order valence-electron chi connectivity index (χ0n) is 13.6. The largest absolute Gasteiger partial charge is 0.481 e. The zero-order chi connectivity index (χ0) is 17.4. The fraction of sp³-hybridized carbons (Fsp3) is 0.300. The van der Waals surface area contributed by atoms with Crippen molar-refractivity contribution in [1.82, 2.24) is 5.32 Å². The van der Waals surface area contributed by atoms with Crippen molar-refractivity contribution in [1.29, 1.82) is 0 Å². The standard InChI is InChI=1S/C20H19NO4/c22-19(23)17-9-12(17)10-21-20(24)25-11-18-15-7-3-1-5-13(15)14-6-2-4-8-16(14)18/h1-8,12,17-18H,9-11H2,(H,21,24)(H,22,23)/t12-,17-/m1/s1. The molecule has 0 aliphatic heterocycles. The zero-order valence-corrected chi connectivity index (χ0v) is 13.6. The number of hydrogen-bond donors (Lipinski definition) is 2. The Hall–Kier alpha value is -2.82. The molecule has 4 rings (SSSR count). The first-order valence-corrected chi connectivity index (χ1v) is 8.47.